The van der Waals surface area contributed by atoms with E-state index in [0.717, 1.165) is 35.9 Å². The van der Waals surface area contributed by atoms with E-state index >= 15 is 0 Å². The molecule has 0 radical (unpaired) electrons. The minimum atomic E-state index is 0.633. The van der Waals surface area contributed by atoms with Gasteiger partial charge in [-0.1, -0.05) is 15.9 Å². The normalized spacial score (nSPS) is 11.0. The van der Waals surface area contributed by atoms with Crippen molar-refractivity contribution in [2.45, 2.75) is 0 Å². The molecule has 0 spiro atoms. The summed E-state index contributed by atoms with van der Waals surface area (Å²) in [6.45, 7) is 0. The molecule has 0 aliphatic rings. The van der Waals surface area contributed by atoms with Crippen LogP contribution in [-0.4, -0.2) is 16.7 Å². The number of benzene rings is 2. The summed E-state index contributed by atoms with van der Waals surface area (Å²) in [5, 5.41) is 0. The van der Waals surface area contributed by atoms with Crippen LogP contribution in [0.15, 0.2) is 43.7 Å². The van der Waals surface area contributed by atoms with E-state index in [2.05, 4.69) is 52.8 Å². The maximum atomic E-state index is 5.47. The molecule has 0 aliphatic heterocycles. The number of ether oxygens (including phenoxy) is 1. The largest absolute Gasteiger partial charge is 0.495 e. The fraction of sp³-hybridized carbons (Fsp3) is 0.0714. The van der Waals surface area contributed by atoms with Gasteiger partial charge in [0.1, 0.15) is 5.75 Å². The molecule has 21 heavy (non-hydrogen) atoms. The van der Waals surface area contributed by atoms with E-state index in [4.69, 9.17) is 17.0 Å². The van der Waals surface area contributed by atoms with E-state index in [1.807, 2.05) is 34.9 Å². The summed E-state index contributed by atoms with van der Waals surface area (Å²) >= 11 is 16.0. The van der Waals surface area contributed by atoms with Crippen LogP contribution in [0.2, 0.25) is 0 Å². The maximum Gasteiger partial charge on any atom is 0.182 e. The summed E-state index contributed by atoms with van der Waals surface area (Å²) in [6, 6.07) is 9.90. The van der Waals surface area contributed by atoms with E-state index in [-0.39, 0.29) is 0 Å². The highest BCUT2D eigenvalue weighted by molar-refractivity contribution is 9.11. The first-order valence-electron chi connectivity index (χ1n) is 5.95. The SMILES string of the molecule is COc1cc(-n2c(=S)[nH]c3ccc(Br)cc32)c(Br)cc1Br. The number of hydrogen-bond acceptors (Lipinski definition) is 2. The second-order valence-corrected chi connectivity index (χ2v) is 7.38. The second-order valence-electron chi connectivity index (χ2n) is 4.37. The topological polar surface area (TPSA) is 29.9 Å². The molecular formula is C14H9Br3N2OS. The van der Waals surface area contributed by atoms with Crippen molar-refractivity contribution in [3.05, 3.63) is 48.5 Å². The van der Waals surface area contributed by atoms with E-state index in [1.54, 1.807) is 7.11 Å². The van der Waals surface area contributed by atoms with Crippen molar-refractivity contribution in [2.75, 3.05) is 7.11 Å². The lowest BCUT2D eigenvalue weighted by atomic mass is 10.2. The molecule has 0 aliphatic carbocycles. The van der Waals surface area contributed by atoms with Crippen LogP contribution in [-0.2, 0) is 0 Å². The van der Waals surface area contributed by atoms with Crippen LogP contribution in [0, 0.1) is 4.77 Å². The minimum Gasteiger partial charge on any atom is -0.495 e. The first-order chi connectivity index (χ1) is 10.0. The Balaban J connectivity index is 2.37. The number of methoxy groups -OCH3 is 1. The van der Waals surface area contributed by atoms with Crippen LogP contribution in [0.5, 0.6) is 5.75 Å². The molecule has 1 N–H and O–H groups in total. The number of aromatic nitrogens is 2. The highest BCUT2D eigenvalue weighted by atomic mass is 79.9. The predicted molar refractivity (Wildman–Crippen MR) is 98.1 cm³/mol. The zero-order valence-corrected chi connectivity index (χ0v) is 16.4. The van der Waals surface area contributed by atoms with E-state index in [1.165, 1.54) is 0 Å². The summed E-state index contributed by atoms with van der Waals surface area (Å²) in [5.74, 6) is 0.749. The van der Waals surface area contributed by atoms with Crippen molar-refractivity contribution in [3.8, 4) is 11.4 Å². The van der Waals surface area contributed by atoms with Crippen LogP contribution in [0.3, 0.4) is 0 Å². The Labute approximate surface area is 151 Å². The van der Waals surface area contributed by atoms with E-state index in [9.17, 15) is 0 Å². The molecule has 0 unspecified atom stereocenters. The maximum absolute atomic E-state index is 5.47. The third-order valence-corrected chi connectivity index (χ3v) is 5.14. The Morgan fingerprint density at radius 2 is 1.86 bits per heavy atom. The van der Waals surface area contributed by atoms with Crippen molar-refractivity contribution in [3.63, 3.8) is 0 Å². The first-order valence-corrected chi connectivity index (χ1v) is 8.73. The molecule has 108 valence electrons. The highest BCUT2D eigenvalue weighted by Gasteiger charge is 2.13. The quantitative estimate of drug-likeness (QED) is 0.446. The number of rotatable bonds is 2. The number of imidazole rings is 1. The monoisotopic (exact) mass is 490 g/mol. The number of H-pyrrole nitrogens is 1. The number of nitrogens with zero attached hydrogens (tertiary/aromatic N) is 1. The van der Waals surface area contributed by atoms with Gasteiger partial charge in [0, 0.05) is 15.0 Å². The number of halogens is 3. The van der Waals surface area contributed by atoms with Crippen LogP contribution in [0.4, 0.5) is 0 Å². The van der Waals surface area contributed by atoms with Crippen molar-refractivity contribution >= 4 is 71.0 Å². The molecule has 1 aromatic heterocycles. The van der Waals surface area contributed by atoms with Gasteiger partial charge in [0.2, 0.25) is 0 Å². The Morgan fingerprint density at radius 1 is 1.10 bits per heavy atom. The van der Waals surface area contributed by atoms with Gasteiger partial charge in [-0.05, 0) is 68.3 Å². The van der Waals surface area contributed by atoms with E-state index < -0.39 is 0 Å². The first kappa shape index (κ1) is 15.3. The Hall–Kier alpha value is -0.630. The van der Waals surface area contributed by atoms with Crippen molar-refractivity contribution in [2.24, 2.45) is 0 Å². The minimum absolute atomic E-state index is 0.633. The zero-order chi connectivity index (χ0) is 15.1. The summed E-state index contributed by atoms with van der Waals surface area (Å²) < 4.78 is 10.8. The smallest absolute Gasteiger partial charge is 0.182 e. The second kappa shape index (κ2) is 5.87. The van der Waals surface area contributed by atoms with Gasteiger partial charge < -0.3 is 9.72 Å². The van der Waals surface area contributed by atoms with E-state index in [0.29, 0.717) is 4.77 Å². The zero-order valence-electron chi connectivity index (χ0n) is 10.8. The summed E-state index contributed by atoms with van der Waals surface area (Å²) in [7, 11) is 1.64. The number of hydrogen-bond donors (Lipinski definition) is 1. The van der Waals surface area contributed by atoms with Gasteiger partial charge in [-0.15, -0.1) is 0 Å². The fourth-order valence-electron chi connectivity index (χ4n) is 2.16. The molecular weight excluding hydrogens is 484 g/mol. The van der Waals surface area contributed by atoms with Gasteiger partial charge in [-0.3, -0.25) is 4.57 Å². The van der Waals surface area contributed by atoms with Crippen LogP contribution in [0.1, 0.15) is 0 Å². The molecule has 3 nitrogen and oxygen atoms in total. The molecule has 3 rings (SSSR count). The highest BCUT2D eigenvalue weighted by Crippen LogP contribution is 2.35. The molecule has 0 saturated heterocycles. The number of nitrogens with one attached hydrogen (secondary N) is 1. The van der Waals surface area contributed by atoms with Crippen molar-refractivity contribution in [1.82, 2.24) is 9.55 Å². The fourth-order valence-corrected chi connectivity index (χ4v) is 4.15. The van der Waals surface area contributed by atoms with Gasteiger partial charge in [-0.2, -0.15) is 0 Å². The molecule has 0 fully saturated rings. The number of aromatic amines is 1. The van der Waals surface area contributed by atoms with Crippen LogP contribution < -0.4 is 4.74 Å². The van der Waals surface area contributed by atoms with Gasteiger partial charge in [0.25, 0.3) is 0 Å². The lowest BCUT2D eigenvalue weighted by Crippen LogP contribution is -1.97. The molecule has 2 aromatic carbocycles. The van der Waals surface area contributed by atoms with Gasteiger partial charge in [-0.25, -0.2) is 0 Å². The Morgan fingerprint density at radius 3 is 2.57 bits per heavy atom. The third-order valence-electron chi connectivity index (χ3n) is 3.11. The van der Waals surface area contributed by atoms with Crippen molar-refractivity contribution < 1.29 is 4.74 Å². The number of fused-ring (bicyclic) bond motifs is 1. The lowest BCUT2D eigenvalue weighted by molar-refractivity contribution is 0.412. The molecule has 7 heteroatoms. The molecule has 0 bridgehead atoms. The summed E-state index contributed by atoms with van der Waals surface area (Å²) in [5.41, 5.74) is 2.90. The molecule has 0 atom stereocenters. The summed E-state index contributed by atoms with van der Waals surface area (Å²) in [4.78, 5) is 3.22. The Bertz CT molecular complexity index is 901. The summed E-state index contributed by atoms with van der Waals surface area (Å²) in [6.07, 6.45) is 0. The Kier molecular flexibility index (Phi) is 4.27. The van der Waals surface area contributed by atoms with Crippen LogP contribution in [0.25, 0.3) is 16.7 Å². The average molecular weight is 493 g/mol. The third kappa shape index (κ3) is 2.72. The van der Waals surface area contributed by atoms with Gasteiger partial charge >= 0.3 is 0 Å². The average Bonchev–Trinajstić information content (AvgIpc) is 2.75. The van der Waals surface area contributed by atoms with Gasteiger partial charge in [0.15, 0.2) is 4.77 Å². The van der Waals surface area contributed by atoms with Crippen LogP contribution >= 0.6 is 60.0 Å². The molecule has 0 saturated carbocycles. The standard InChI is InChI=1S/C14H9Br3N2OS/c1-20-13-6-11(8(16)5-9(13)17)19-12-4-7(15)2-3-10(12)18-14(19)21/h2-6H,1H3,(H,18,21). The predicted octanol–water partition coefficient (Wildman–Crippen LogP) is 5.98. The lowest BCUT2D eigenvalue weighted by Gasteiger charge is -2.11. The molecule has 1 heterocycles. The molecule has 3 aromatic rings. The van der Waals surface area contributed by atoms with Crippen molar-refractivity contribution in [1.29, 1.82) is 0 Å². The molecule has 0 amide bonds. The van der Waals surface area contributed by atoms with Gasteiger partial charge in [0.05, 0.1) is 28.3 Å².